The quantitative estimate of drug-likeness (QED) is 0.670. The molecule has 66 valence electrons. The van der Waals surface area contributed by atoms with Gasteiger partial charge in [-0.1, -0.05) is 0 Å². The van der Waals surface area contributed by atoms with E-state index in [1.807, 2.05) is 0 Å². The summed E-state index contributed by atoms with van der Waals surface area (Å²) < 4.78 is 5.06. The number of nitrogens with zero attached hydrogens (tertiary/aromatic N) is 1. The molecule has 0 radical (unpaired) electrons. The van der Waals surface area contributed by atoms with E-state index in [1.54, 1.807) is 18.2 Å². The maximum absolute atomic E-state index is 10.7. The van der Waals surface area contributed by atoms with E-state index in [0.29, 0.717) is 11.1 Å². The van der Waals surface area contributed by atoms with Gasteiger partial charge in [-0.15, -0.1) is 12.6 Å². The minimum Gasteiger partial charge on any atom is -0.432 e. The summed E-state index contributed by atoms with van der Waals surface area (Å²) in [5.41, 5.74) is 6.12. The number of hydrogen-bond donors (Lipinski definition) is 2. The first-order valence-corrected chi connectivity index (χ1v) is 4.01. The molecule has 1 amide bonds. The molecule has 2 N–H and O–H groups in total. The summed E-state index contributed by atoms with van der Waals surface area (Å²) in [5, 5.41) is 0. The molecule has 13 heavy (non-hydrogen) atoms. The van der Waals surface area contributed by atoms with E-state index in [1.165, 1.54) is 0 Å². The van der Waals surface area contributed by atoms with Crippen LogP contribution < -0.4 is 5.73 Å². The van der Waals surface area contributed by atoms with Gasteiger partial charge in [-0.3, -0.25) is 4.79 Å². The van der Waals surface area contributed by atoms with Crippen LogP contribution in [-0.2, 0) is 0 Å². The zero-order valence-electron chi connectivity index (χ0n) is 6.52. The number of carbonyl (C=O) groups is 1. The molecular formula is C8H6N2O2S. The van der Waals surface area contributed by atoms with Gasteiger partial charge in [-0.2, -0.15) is 0 Å². The lowest BCUT2D eigenvalue weighted by atomic mass is 10.3. The summed E-state index contributed by atoms with van der Waals surface area (Å²) in [5.74, 6) is -0.745. The maximum atomic E-state index is 10.7. The summed E-state index contributed by atoms with van der Waals surface area (Å²) >= 11 is 4.12. The zero-order chi connectivity index (χ0) is 9.42. The van der Waals surface area contributed by atoms with Gasteiger partial charge in [0.05, 0.1) is 0 Å². The van der Waals surface area contributed by atoms with Crippen LogP contribution in [0.4, 0.5) is 0 Å². The van der Waals surface area contributed by atoms with Crippen molar-refractivity contribution in [1.82, 2.24) is 4.98 Å². The van der Waals surface area contributed by atoms with Crippen LogP contribution in [0.25, 0.3) is 11.1 Å². The van der Waals surface area contributed by atoms with Crippen LogP contribution in [0.1, 0.15) is 10.7 Å². The third-order valence-corrected chi connectivity index (χ3v) is 1.86. The van der Waals surface area contributed by atoms with Crippen molar-refractivity contribution in [1.29, 1.82) is 0 Å². The molecule has 2 rings (SSSR count). The first-order valence-electron chi connectivity index (χ1n) is 3.56. The highest BCUT2D eigenvalue weighted by Crippen LogP contribution is 2.18. The van der Waals surface area contributed by atoms with E-state index in [9.17, 15) is 4.79 Å². The molecule has 5 heteroatoms. The van der Waals surface area contributed by atoms with Crippen LogP contribution in [0.3, 0.4) is 0 Å². The number of rotatable bonds is 1. The van der Waals surface area contributed by atoms with Gasteiger partial charge in [-0.25, -0.2) is 4.98 Å². The summed E-state index contributed by atoms with van der Waals surface area (Å²) in [4.78, 5) is 15.3. The van der Waals surface area contributed by atoms with Gasteiger partial charge in [0.1, 0.15) is 5.52 Å². The molecule has 0 spiro atoms. The van der Waals surface area contributed by atoms with E-state index in [0.717, 1.165) is 4.90 Å². The van der Waals surface area contributed by atoms with Crippen LogP contribution in [0, 0.1) is 0 Å². The number of benzene rings is 1. The number of carbonyl (C=O) groups excluding carboxylic acids is 1. The van der Waals surface area contributed by atoms with Gasteiger partial charge in [0.25, 0.3) is 5.89 Å². The molecule has 0 saturated carbocycles. The highest BCUT2D eigenvalue weighted by Gasteiger charge is 2.09. The van der Waals surface area contributed by atoms with Crippen molar-refractivity contribution >= 4 is 29.6 Å². The Hall–Kier alpha value is -1.49. The van der Waals surface area contributed by atoms with Crippen molar-refractivity contribution < 1.29 is 9.21 Å². The van der Waals surface area contributed by atoms with E-state index in [4.69, 9.17) is 10.2 Å². The Morgan fingerprint density at radius 3 is 3.00 bits per heavy atom. The van der Waals surface area contributed by atoms with Crippen molar-refractivity contribution in [3.05, 3.63) is 24.1 Å². The average Bonchev–Trinajstić information content (AvgIpc) is 2.46. The van der Waals surface area contributed by atoms with Crippen LogP contribution >= 0.6 is 12.6 Å². The van der Waals surface area contributed by atoms with Gasteiger partial charge in [0.2, 0.25) is 0 Å². The molecule has 0 saturated heterocycles. The molecule has 0 fully saturated rings. The number of oxazole rings is 1. The monoisotopic (exact) mass is 194 g/mol. The second-order valence-corrected chi connectivity index (χ2v) is 3.05. The molecule has 1 heterocycles. The largest absolute Gasteiger partial charge is 0.432 e. The number of thiol groups is 1. The first kappa shape index (κ1) is 8.12. The summed E-state index contributed by atoms with van der Waals surface area (Å²) in [6.45, 7) is 0. The number of primary amides is 1. The average molecular weight is 194 g/mol. The number of amides is 1. The van der Waals surface area contributed by atoms with Crippen LogP contribution in [0.15, 0.2) is 27.5 Å². The fourth-order valence-corrected chi connectivity index (χ4v) is 1.22. The SMILES string of the molecule is NC(=O)c1nc2cc(S)ccc2o1. The Labute approximate surface area is 79.1 Å². The molecule has 1 aromatic carbocycles. The van der Waals surface area contributed by atoms with E-state index < -0.39 is 5.91 Å². The van der Waals surface area contributed by atoms with Gasteiger partial charge in [0, 0.05) is 4.90 Å². The molecule has 0 aliphatic rings. The van der Waals surface area contributed by atoms with Crippen molar-refractivity contribution in [3.8, 4) is 0 Å². The highest BCUT2D eigenvalue weighted by atomic mass is 32.1. The zero-order valence-corrected chi connectivity index (χ0v) is 7.41. The number of aromatic nitrogens is 1. The van der Waals surface area contributed by atoms with Crippen molar-refractivity contribution in [2.24, 2.45) is 5.73 Å². The fraction of sp³-hybridized carbons (Fsp3) is 0. The number of nitrogens with two attached hydrogens (primary N) is 1. The predicted molar refractivity (Wildman–Crippen MR) is 49.8 cm³/mol. The topological polar surface area (TPSA) is 69.1 Å². The van der Waals surface area contributed by atoms with Gasteiger partial charge in [0.15, 0.2) is 5.58 Å². The third kappa shape index (κ3) is 1.38. The van der Waals surface area contributed by atoms with Crippen LogP contribution in [0.2, 0.25) is 0 Å². The third-order valence-electron chi connectivity index (χ3n) is 1.58. The molecule has 1 aromatic heterocycles. The van der Waals surface area contributed by atoms with Crippen molar-refractivity contribution in [2.45, 2.75) is 4.90 Å². The maximum Gasteiger partial charge on any atom is 0.304 e. The molecule has 2 aromatic rings. The predicted octanol–water partition coefficient (Wildman–Crippen LogP) is 1.22. The summed E-state index contributed by atoms with van der Waals surface area (Å²) in [6.07, 6.45) is 0. The minimum absolute atomic E-state index is 0.0751. The molecule has 0 aliphatic heterocycles. The lowest BCUT2D eigenvalue weighted by Gasteiger charge is -1.86. The molecule has 4 nitrogen and oxygen atoms in total. The van der Waals surface area contributed by atoms with Crippen LogP contribution in [-0.4, -0.2) is 10.9 Å². The molecule has 0 atom stereocenters. The van der Waals surface area contributed by atoms with Gasteiger partial charge >= 0.3 is 5.91 Å². The fourth-order valence-electron chi connectivity index (χ4n) is 1.02. The Balaban J connectivity index is 2.68. The second kappa shape index (κ2) is 2.77. The van der Waals surface area contributed by atoms with Gasteiger partial charge in [-0.05, 0) is 18.2 Å². The van der Waals surface area contributed by atoms with Crippen LogP contribution in [0.5, 0.6) is 0 Å². The molecule has 0 aliphatic carbocycles. The lowest BCUT2D eigenvalue weighted by Crippen LogP contribution is -2.10. The van der Waals surface area contributed by atoms with Crippen molar-refractivity contribution in [3.63, 3.8) is 0 Å². The molecule has 0 unspecified atom stereocenters. The molecule has 0 bridgehead atoms. The Morgan fingerprint density at radius 1 is 1.54 bits per heavy atom. The Kier molecular flexibility index (Phi) is 1.73. The number of fused-ring (bicyclic) bond motifs is 1. The summed E-state index contributed by atoms with van der Waals surface area (Å²) in [7, 11) is 0. The van der Waals surface area contributed by atoms with E-state index >= 15 is 0 Å². The second-order valence-electron chi connectivity index (χ2n) is 2.54. The summed E-state index contributed by atoms with van der Waals surface area (Å²) in [6, 6.07) is 5.15. The van der Waals surface area contributed by atoms with Gasteiger partial charge < -0.3 is 10.2 Å². The standard InChI is InChI=1S/C8H6N2O2S/c9-7(11)8-10-5-3-4(13)1-2-6(5)12-8/h1-3,13H,(H2,9,11). The lowest BCUT2D eigenvalue weighted by molar-refractivity contribution is 0.0969. The van der Waals surface area contributed by atoms with E-state index in [2.05, 4.69) is 17.6 Å². The minimum atomic E-state index is -0.670. The Bertz CT molecular complexity index is 478. The smallest absolute Gasteiger partial charge is 0.304 e. The Morgan fingerprint density at radius 2 is 2.31 bits per heavy atom. The van der Waals surface area contributed by atoms with E-state index in [-0.39, 0.29) is 5.89 Å². The normalized spacial score (nSPS) is 10.5. The number of hydrogen-bond acceptors (Lipinski definition) is 4. The first-order chi connectivity index (χ1) is 6.16. The van der Waals surface area contributed by atoms with Crippen molar-refractivity contribution in [2.75, 3.05) is 0 Å². The highest BCUT2D eigenvalue weighted by molar-refractivity contribution is 7.80. The molecular weight excluding hydrogens is 188 g/mol.